The maximum atomic E-state index is 6.09. The van der Waals surface area contributed by atoms with Crippen molar-refractivity contribution in [1.82, 2.24) is 15.0 Å². The van der Waals surface area contributed by atoms with Gasteiger partial charge >= 0.3 is 0 Å². The number of rotatable bonds is 6. The van der Waals surface area contributed by atoms with Crippen LogP contribution in [0, 0.1) is 0 Å². The molecule has 134 valence electrons. The summed E-state index contributed by atoms with van der Waals surface area (Å²) in [5.74, 6) is 2.62. The van der Waals surface area contributed by atoms with Crippen molar-refractivity contribution in [2.24, 2.45) is 0 Å². The molecule has 4 aromatic rings. The largest absolute Gasteiger partial charge is 0.494 e. The maximum Gasteiger partial charge on any atom is 0.230 e. The fourth-order valence-electron chi connectivity index (χ4n) is 2.68. The third kappa shape index (κ3) is 3.87. The normalized spacial score (nSPS) is 10.7. The summed E-state index contributed by atoms with van der Waals surface area (Å²) in [4.78, 5) is 13.4. The summed E-state index contributed by atoms with van der Waals surface area (Å²) in [5.41, 5.74) is 1.67. The van der Waals surface area contributed by atoms with Crippen molar-refractivity contribution < 1.29 is 9.47 Å². The number of hydrogen-bond acceptors (Lipinski definition) is 5. The monoisotopic (exact) mass is 357 g/mol. The first-order valence-corrected chi connectivity index (χ1v) is 8.91. The van der Waals surface area contributed by atoms with Gasteiger partial charge in [0.1, 0.15) is 11.5 Å². The van der Waals surface area contributed by atoms with Gasteiger partial charge in [0.05, 0.1) is 17.5 Å². The van der Waals surface area contributed by atoms with E-state index in [0.717, 1.165) is 28.6 Å². The zero-order chi connectivity index (χ0) is 18.5. The maximum absolute atomic E-state index is 6.09. The van der Waals surface area contributed by atoms with Gasteiger partial charge in [-0.05, 0) is 55.0 Å². The second kappa shape index (κ2) is 7.83. The number of pyridine rings is 1. The van der Waals surface area contributed by atoms with Crippen molar-refractivity contribution >= 4 is 10.9 Å². The van der Waals surface area contributed by atoms with E-state index < -0.39 is 0 Å². The van der Waals surface area contributed by atoms with Crippen LogP contribution in [0.4, 0.5) is 0 Å². The van der Waals surface area contributed by atoms with Gasteiger partial charge < -0.3 is 9.47 Å². The van der Waals surface area contributed by atoms with Crippen LogP contribution in [0.5, 0.6) is 17.4 Å². The fraction of sp³-hybridized carbons (Fsp3) is 0.136. The molecule has 0 saturated carbocycles. The molecule has 0 aliphatic carbocycles. The Kier molecular flexibility index (Phi) is 4.92. The lowest BCUT2D eigenvalue weighted by Gasteiger charge is -2.11. The van der Waals surface area contributed by atoms with Crippen LogP contribution >= 0.6 is 0 Å². The van der Waals surface area contributed by atoms with Crippen LogP contribution in [0.25, 0.3) is 22.3 Å². The number of hydrogen-bond donors (Lipinski definition) is 0. The first-order chi connectivity index (χ1) is 13.3. The Hall–Kier alpha value is -3.47. The number of para-hydroxylation sites is 1. The fourth-order valence-corrected chi connectivity index (χ4v) is 2.68. The number of benzene rings is 2. The van der Waals surface area contributed by atoms with Crippen molar-refractivity contribution in [2.75, 3.05) is 6.61 Å². The van der Waals surface area contributed by atoms with E-state index in [1.54, 1.807) is 12.4 Å². The number of nitrogens with zero attached hydrogens (tertiary/aromatic N) is 3. The highest BCUT2D eigenvalue weighted by Crippen LogP contribution is 2.30. The van der Waals surface area contributed by atoms with Gasteiger partial charge in [-0.1, -0.05) is 19.1 Å². The minimum atomic E-state index is 0.515. The van der Waals surface area contributed by atoms with E-state index >= 15 is 0 Å². The molecule has 2 aromatic carbocycles. The van der Waals surface area contributed by atoms with Crippen molar-refractivity contribution in [3.05, 3.63) is 73.1 Å². The average molecular weight is 357 g/mol. The van der Waals surface area contributed by atoms with Crippen LogP contribution in [0.1, 0.15) is 13.3 Å². The molecule has 0 radical (unpaired) electrons. The molecule has 0 atom stereocenters. The number of fused-ring (bicyclic) bond motifs is 1. The molecule has 0 N–H and O–H groups in total. The molecule has 0 fully saturated rings. The molecule has 0 amide bonds. The third-order valence-corrected chi connectivity index (χ3v) is 4.00. The van der Waals surface area contributed by atoms with E-state index in [-0.39, 0.29) is 0 Å². The smallest absolute Gasteiger partial charge is 0.230 e. The molecule has 2 heterocycles. The van der Waals surface area contributed by atoms with Gasteiger partial charge in [-0.15, -0.1) is 0 Å². The number of aromatic nitrogens is 3. The summed E-state index contributed by atoms with van der Waals surface area (Å²) in [6.07, 6.45) is 4.44. The summed E-state index contributed by atoms with van der Waals surface area (Å²) < 4.78 is 11.7. The first kappa shape index (κ1) is 17.0. The van der Waals surface area contributed by atoms with E-state index in [9.17, 15) is 0 Å². The average Bonchev–Trinajstić information content (AvgIpc) is 2.74. The Bertz CT molecular complexity index is 1030. The number of ether oxygens (including phenoxy) is 2. The van der Waals surface area contributed by atoms with Gasteiger partial charge in [0.15, 0.2) is 5.82 Å². The van der Waals surface area contributed by atoms with E-state index in [0.29, 0.717) is 24.1 Å². The van der Waals surface area contributed by atoms with Gasteiger partial charge in [0, 0.05) is 18.0 Å². The Morgan fingerprint density at radius 2 is 1.67 bits per heavy atom. The minimum absolute atomic E-state index is 0.515. The molecule has 0 saturated heterocycles. The summed E-state index contributed by atoms with van der Waals surface area (Å²) >= 11 is 0. The van der Waals surface area contributed by atoms with Crippen LogP contribution in [0.2, 0.25) is 0 Å². The van der Waals surface area contributed by atoms with E-state index in [1.165, 1.54) is 0 Å². The minimum Gasteiger partial charge on any atom is -0.494 e. The SMILES string of the molecule is CCCOc1ccc(Oc2nc(-c3cccnc3)nc3ccccc23)cc1. The van der Waals surface area contributed by atoms with E-state index in [1.807, 2.05) is 60.7 Å². The van der Waals surface area contributed by atoms with Crippen molar-refractivity contribution in [2.45, 2.75) is 13.3 Å². The molecule has 4 rings (SSSR count). The van der Waals surface area contributed by atoms with E-state index in [4.69, 9.17) is 9.47 Å². The molecule has 2 aromatic heterocycles. The highest BCUT2D eigenvalue weighted by atomic mass is 16.5. The highest BCUT2D eigenvalue weighted by Gasteiger charge is 2.11. The zero-order valence-electron chi connectivity index (χ0n) is 15.0. The molecule has 5 nitrogen and oxygen atoms in total. The summed E-state index contributed by atoms with van der Waals surface area (Å²) in [5, 5.41) is 0.858. The second-order valence-electron chi connectivity index (χ2n) is 6.03. The Balaban J connectivity index is 1.70. The van der Waals surface area contributed by atoms with Crippen molar-refractivity contribution in [3.63, 3.8) is 0 Å². The molecule has 0 aliphatic heterocycles. The van der Waals surface area contributed by atoms with Crippen LogP contribution in [-0.4, -0.2) is 21.6 Å². The lowest BCUT2D eigenvalue weighted by molar-refractivity contribution is 0.317. The van der Waals surface area contributed by atoms with Gasteiger partial charge in [0.25, 0.3) is 0 Å². The molecule has 0 bridgehead atoms. The van der Waals surface area contributed by atoms with Gasteiger partial charge in [-0.3, -0.25) is 4.98 Å². The Labute approximate surface area is 157 Å². The Morgan fingerprint density at radius 1 is 0.852 bits per heavy atom. The standard InChI is InChI=1S/C22H19N3O2/c1-2-14-26-17-9-11-18(12-10-17)27-22-19-7-3-4-8-20(19)24-21(25-22)16-6-5-13-23-15-16/h3-13,15H,2,14H2,1H3. The van der Waals surface area contributed by atoms with Crippen LogP contribution in [0.15, 0.2) is 73.1 Å². The van der Waals surface area contributed by atoms with E-state index in [2.05, 4.69) is 21.9 Å². The molecule has 0 unspecified atom stereocenters. The zero-order valence-corrected chi connectivity index (χ0v) is 15.0. The van der Waals surface area contributed by atoms with Crippen LogP contribution < -0.4 is 9.47 Å². The lowest BCUT2D eigenvalue weighted by Crippen LogP contribution is -1.97. The highest BCUT2D eigenvalue weighted by molar-refractivity contribution is 5.85. The summed E-state index contributed by atoms with van der Waals surface area (Å²) in [7, 11) is 0. The van der Waals surface area contributed by atoms with Crippen LogP contribution in [-0.2, 0) is 0 Å². The quantitative estimate of drug-likeness (QED) is 0.470. The molecule has 0 spiro atoms. The van der Waals surface area contributed by atoms with Crippen molar-refractivity contribution in [3.8, 4) is 28.8 Å². The molecular formula is C22H19N3O2. The molecular weight excluding hydrogens is 338 g/mol. The molecule has 5 heteroatoms. The molecule has 27 heavy (non-hydrogen) atoms. The van der Waals surface area contributed by atoms with Crippen molar-refractivity contribution in [1.29, 1.82) is 0 Å². The second-order valence-corrected chi connectivity index (χ2v) is 6.03. The first-order valence-electron chi connectivity index (χ1n) is 8.91. The summed E-state index contributed by atoms with van der Waals surface area (Å²) in [6, 6.07) is 19.2. The van der Waals surface area contributed by atoms with Gasteiger partial charge in [-0.2, -0.15) is 4.98 Å². The lowest BCUT2D eigenvalue weighted by atomic mass is 10.2. The third-order valence-electron chi connectivity index (χ3n) is 4.00. The molecule has 0 aliphatic rings. The van der Waals surface area contributed by atoms with Gasteiger partial charge in [-0.25, -0.2) is 4.98 Å². The van der Waals surface area contributed by atoms with Gasteiger partial charge in [0.2, 0.25) is 5.88 Å². The van der Waals surface area contributed by atoms with Crippen LogP contribution in [0.3, 0.4) is 0 Å². The predicted octanol–water partition coefficient (Wildman–Crippen LogP) is 5.27. The summed E-state index contributed by atoms with van der Waals surface area (Å²) in [6.45, 7) is 2.78. The Morgan fingerprint density at radius 3 is 2.44 bits per heavy atom. The predicted molar refractivity (Wildman–Crippen MR) is 105 cm³/mol. The topological polar surface area (TPSA) is 57.1 Å².